The first-order valence-electron chi connectivity index (χ1n) is 11.1. The summed E-state index contributed by atoms with van der Waals surface area (Å²) in [4.78, 5) is 44.9. The fourth-order valence-corrected chi connectivity index (χ4v) is 3.37. The number of benzene rings is 3. The summed E-state index contributed by atoms with van der Waals surface area (Å²) in [5.74, 6) is -0.980. The largest absolute Gasteiger partial charge is 0.478 e. The van der Waals surface area contributed by atoms with Crippen LogP contribution in [0.1, 0.15) is 27.0 Å². The van der Waals surface area contributed by atoms with Crippen LogP contribution in [-0.2, 0) is 4.79 Å². The molecule has 2 heterocycles. The Kier molecular flexibility index (Phi) is 10.9. The van der Waals surface area contributed by atoms with Crippen molar-refractivity contribution in [2.45, 2.75) is 20.8 Å². The van der Waals surface area contributed by atoms with E-state index in [1.807, 2.05) is 57.2 Å². The van der Waals surface area contributed by atoms with Gasteiger partial charge in [-0.15, -0.1) is 0 Å². The second kappa shape index (κ2) is 14.0. The Morgan fingerprint density at radius 1 is 0.895 bits per heavy atom. The fraction of sp³-hybridized carbons (Fsp3) is 0.111. The number of nitrogens with zero attached hydrogens (tertiary/aromatic N) is 3. The first-order chi connectivity index (χ1) is 18.1. The van der Waals surface area contributed by atoms with E-state index in [1.165, 1.54) is 18.2 Å². The molecule has 0 aliphatic heterocycles. The molecule has 196 valence electrons. The zero-order valence-electron chi connectivity index (χ0n) is 21.0. The summed E-state index contributed by atoms with van der Waals surface area (Å²) in [6.07, 6.45) is 3.14. The van der Waals surface area contributed by atoms with Gasteiger partial charge in [0.05, 0.1) is 28.3 Å². The summed E-state index contributed by atoms with van der Waals surface area (Å²) in [5, 5.41) is 10.7. The quantitative estimate of drug-likeness (QED) is 0.140. The number of fused-ring (bicyclic) bond motifs is 2. The average molecular weight is 535 g/mol. The maximum Gasteiger partial charge on any atom is 0.337 e. The number of amides is 1. The minimum atomic E-state index is -0.980. The van der Waals surface area contributed by atoms with Gasteiger partial charge in [0, 0.05) is 11.1 Å². The lowest BCUT2D eigenvalue weighted by Crippen LogP contribution is -2.05. The lowest BCUT2D eigenvalue weighted by molar-refractivity contribution is -0.106. The van der Waals surface area contributed by atoms with Crippen molar-refractivity contribution in [3.05, 3.63) is 105 Å². The van der Waals surface area contributed by atoms with Crippen LogP contribution in [0.25, 0.3) is 21.8 Å². The van der Waals surface area contributed by atoms with Crippen LogP contribution in [0.3, 0.4) is 0 Å². The van der Waals surface area contributed by atoms with Gasteiger partial charge in [0.15, 0.2) is 0 Å². The molecule has 0 unspecified atom stereocenters. The molecule has 1 amide bonds. The number of rotatable bonds is 1. The van der Waals surface area contributed by atoms with Gasteiger partial charge in [-0.25, -0.2) is 19.7 Å². The van der Waals surface area contributed by atoms with Crippen LogP contribution in [0.2, 0.25) is 5.15 Å². The molecule has 0 spiro atoms. The van der Waals surface area contributed by atoms with Gasteiger partial charge in [-0.3, -0.25) is 9.59 Å². The third kappa shape index (κ3) is 8.38. The van der Waals surface area contributed by atoms with E-state index in [-0.39, 0.29) is 17.5 Å². The van der Waals surface area contributed by atoms with Crippen molar-refractivity contribution in [2.75, 3.05) is 5.73 Å². The number of anilines is 1. The highest BCUT2D eigenvalue weighted by Crippen LogP contribution is 2.19. The molecule has 0 aliphatic rings. The maximum absolute atomic E-state index is 11.2. The van der Waals surface area contributed by atoms with Crippen LogP contribution in [0.5, 0.6) is 0 Å². The number of aryl methyl sites for hydroxylation is 3. The molecule has 5 rings (SSSR count). The SMILES string of the molecule is Cc1ccc(N)c(C(=O)O)c1.Cc1ccc2nc[nH]c(=O)c2c1.Cc1ccc2ncnc(Cl)c2c1.NC=O. The number of nitrogens with two attached hydrogens (primary N) is 2. The van der Waals surface area contributed by atoms with Gasteiger partial charge < -0.3 is 21.6 Å². The summed E-state index contributed by atoms with van der Waals surface area (Å²) >= 11 is 5.88. The number of hydrogen-bond acceptors (Lipinski definition) is 7. The monoisotopic (exact) mass is 534 g/mol. The highest BCUT2D eigenvalue weighted by Gasteiger charge is 2.06. The predicted octanol–water partition coefficient (Wildman–Crippen LogP) is 4.20. The molecule has 2 aromatic heterocycles. The molecule has 5 aromatic rings. The van der Waals surface area contributed by atoms with E-state index in [0.717, 1.165) is 27.5 Å². The lowest BCUT2D eigenvalue weighted by Gasteiger charge is -2.00. The van der Waals surface area contributed by atoms with E-state index < -0.39 is 5.97 Å². The lowest BCUT2D eigenvalue weighted by atomic mass is 10.1. The number of carboxylic acids is 1. The molecule has 10 nitrogen and oxygen atoms in total. The maximum atomic E-state index is 11.2. The van der Waals surface area contributed by atoms with Crippen molar-refractivity contribution < 1.29 is 14.7 Å². The first-order valence-corrected chi connectivity index (χ1v) is 11.5. The summed E-state index contributed by atoms with van der Waals surface area (Å²) in [6.45, 7) is 5.79. The number of H-pyrrole nitrogens is 1. The number of aromatic carboxylic acids is 1. The Bertz CT molecular complexity index is 1620. The van der Waals surface area contributed by atoms with Crippen molar-refractivity contribution in [2.24, 2.45) is 5.73 Å². The molecular weight excluding hydrogens is 508 g/mol. The van der Waals surface area contributed by atoms with Gasteiger partial charge in [-0.2, -0.15) is 0 Å². The molecule has 3 aromatic carbocycles. The van der Waals surface area contributed by atoms with Crippen molar-refractivity contribution in [1.29, 1.82) is 0 Å². The third-order valence-electron chi connectivity index (χ3n) is 4.98. The second-order valence-corrected chi connectivity index (χ2v) is 8.33. The molecule has 11 heteroatoms. The van der Waals surface area contributed by atoms with Gasteiger partial charge >= 0.3 is 5.97 Å². The fourth-order valence-electron chi connectivity index (χ4n) is 3.18. The Hall–Kier alpha value is -4.83. The number of nitrogen functional groups attached to an aromatic ring is 1. The second-order valence-electron chi connectivity index (χ2n) is 7.97. The smallest absolute Gasteiger partial charge is 0.337 e. The van der Waals surface area contributed by atoms with E-state index >= 15 is 0 Å². The van der Waals surface area contributed by atoms with E-state index in [9.17, 15) is 9.59 Å². The van der Waals surface area contributed by atoms with Crippen molar-refractivity contribution in [3.63, 3.8) is 0 Å². The topological polar surface area (TPSA) is 178 Å². The molecule has 0 fully saturated rings. The standard InChI is InChI=1S/C9H7ClN2.C9H8N2O.C8H9NO2.CH3NO/c1-6-2-3-8-7(4-6)9(10)12-5-11-8;1-6-2-3-8-7(4-6)9(12)11-5-10-8;1-5-2-3-7(9)6(4-5)8(10)11;2-1-3/h2-5H,1H3;2-5H,1H3,(H,10,11,12);2-4H,9H2,1H3,(H,10,11);1H,(H2,2,3). The number of halogens is 1. The Morgan fingerprint density at radius 3 is 2.00 bits per heavy atom. The Labute approximate surface area is 223 Å². The molecule has 38 heavy (non-hydrogen) atoms. The van der Waals surface area contributed by atoms with Gasteiger partial charge in [-0.05, 0) is 57.2 Å². The molecule has 6 N–H and O–H groups in total. The molecule has 0 saturated carbocycles. The van der Waals surface area contributed by atoms with E-state index in [1.54, 1.807) is 18.2 Å². The number of carboxylic acid groups (broad SMARTS) is 1. The molecule has 0 aliphatic carbocycles. The number of hydrogen-bond donors (Lipinski definition) is 4. The van der Waals surface area contributed by atoms with Gasteiger partial charge in [0.2, 0.25) is 6.41 Å². The van der Waals surface area contributed by atoms with Crippen LogP contribution in [0.4, 0.5) is 5.69 Å². The third-order valence-corrected chi connectivity index (χ3v) is 5.28. The number of aromatic nitrogens is 4. The zero-order chi connectivity index (χ0) is 28.2. The van der Waals surface area contributed by atoms with Gasteiger partial charge in [0.1, 0.15) is 11.5 Å². The van der Waals surface area contributed by atoms with Crippen molar-refractivity contribution in [3.8, 4) is 0 Å². The summed E-state index contributed by atoms with van der Waals surface area (Å²) in [6, 6.07) is 16.5. The van der Waals surface area contributed by atoms with Crippen LogP contribution in [0, 0.1) is 20.8 Å². The summed E-state index contributed by atoms with van der Waals surface area (Å²) in [5.41, 5.74) is 14.7. The molecule has 0 bridgehead atoms. The first kappa shape index (κ1) is 29.4. The normalized spacial score (nSPS) is 9.68. The molecule has 0 saturated heterocycles. The number of carbonyl (C=O) groups is 2. The summed E-state index contributed by atoms with van der Waals surface area (Å²) < 4.78 is 0. The minimum Gasteiger partial charge on any atom is -0.478 e. The number of primary amides is 1. The van der Waals surface area contributed by atoms with Gasteiger partial charge in [-0.1, -0.05) is 46.5 Å². The summed E-state index contributed by atoms with van der Waals surface area (Å²) in [7, 11) is 0. The Balaban J connectivity index is 0.000000190. The van der Waals surface area contributed by atoms with Gasteiger partial charge in [0.25, 0.3) is 5.56 Å². The van der Waals surface area contributed by atoms with Crippen LogP contribution >= 0.6 is 11.6 Å². The highest BCUT2D eigenvalue weighted by atomic mass is 35.5. The predicted molar refractivity (Wildman–Crippen MR) is 149 cm³/mol. The number of carbonyl (C=O) groups excluding carboxylic acids is 1. The van der Waals surface area contributed by atoms with E-state index in [0.29, 0.717) is 16.2 Å². The zero-order valence-corrected chi connectivity index (χ0v) is 21.7. The molecule has 0 atom stereocenters. The van der Waals surface area contributed by atoms with E-state index in [4.69, 9.17) is 27.2 Å². The number of nitrogens with one attached hydrogen (secondary N) is 1. The van der Waals surface area contributed by atoms with Crippen LogP contribution in [0.15, 0.2) is 72.0 Å². The van der Waals surface area contributed by atoms with Crippen LogP contribution in [-0.4, -0.2) is 37.4 Å². The average Bonchev–Trinajstić information content (AvgIpc) is 2.88. The minimum absolute atomic E-state index is 0.0799. The van der Waals surface area contributed by atoms with Crippen LogP contribution < -0.4 is 17.0 Å². The Morgan fingerprint density at radius 2 is 1.42 bits per heavy atom. The molecular formula is C27H27ClN6O4. The molecule has 0 radical (unpaired) electrons. The number of aromatic amines is 1. The van der Waals surface area contributed by atoms with E-state index in [2.05, 4.69) is 25.7 Å². The van der Waals surface area contributed by atoms with Crippen molar-refractivity contribution in [1.82, 2.24) is 19.9 Å². The van der Waals surface area contributed by atoms with Crippen molar-refractivity contribution >= 4 is 51.5 Å². The highest BCUT2D eigenvalue weighted by molar-refractivity contribution is 6.34.